The summed E-state index contributed by atoms with van der Waals surface area (Å²) in [7, 11) is 0. The summed E-state index contributed by atoms with van der Waals surface area (Å²) in [5.74, 6) is -0.0747. The Bertz CT molecular complexity index is 897. The van der Waals surface area contributed by atoms with E-state index < -0.39 is 12.1 Å². The standard InChI is InChI=1S/C55H105NO3/c1-3-5-7-9-11-13-15-17-19-21-23-25-27-29-30-32-34-36-38-40-42-44-46-48-50-54(58)53(52-57)56-55(59)51-49-47-45-43-41-39-37-35-33-31-28-26-24-22-20-18-16-14-12-10-8-6-4-2/h31,33,40,42,48,50,53-54,57-58H,3-30,32,34-39,41,43-47,49,51-52H2,1-2H3,(H,56,59)/b33-31-,42-40+,50-48+. The molecule has 0 saturated heterocycles. The lowest BCUT2D eigenvalue weighted by molar-refractivity contribution is -0.123. The topological polar surface area (TPSA) is 69.6 Å². The maximum absolute atomic E-state index is 12.4. The van der Waals surface area contributed by atoms with Gasteiger partial charge in [0.2, 0.25) is 5.91 Å². The molecule has 1 amide bonds. The van der Waals surface area contributed by atoms with Gasteiger partial charge < -0.3 is 15.5 Å². The Morgan fingerprint density at radius 1 is 0.390 bits per heavy atom. The maximum Gasteiger partial charge on any atom is 0.220 e. The summed E-state index contributed by atoms with van der Waals surface area (Å²) in [6, 6.07) is -0.641. The molecule has 0 aromatic rings. The van der Waals surface area contributed by atoms with Crippen LogP contribution >= 0.6 is 0 Å². The molecule has 0 spiro atoms. The molecule has 348 valence electrons. The average molecular weight is 828 g/mol. The zero-order chi connectivity index (χ0) is 42.8. The van der Waals surface area contributed by atoms with E-state index in [0.717, 1.165) is 32.1 Å². The summed E-state index contributed by atoms with van der Waals surface area (Å²) in [5.41, 5.74) is 0. The number of hydrogen-bond acceptors (Lipinski definition) is 3. The lowest BCUT2D eigenvalue weighted by Crippen LogP contribution is -2.45. The van der Waals surface area contributed by atoms with Crippen LogP contribution in [0.3, 0.4) is 0 Å². The highest BCUT2D eigenvalue weighted by molar-refractivity contribution is 5.76. The quantitative estimate of drug-likeness (QED) is 0.0423. The van der Waals surface area contributed by atoms with Gasteiger partial charge in [-0.05, 0) is 57.8 Å². The molecule has 0 fully saturated rings. The predicted octanol–water partition coefficient (Wildman–Crippen LogP) is 17.3. The van der Waals surface area contributed by atoms with Crippen molar-refractivity contribution in [2.75, 3.05) is 6.61 Å². The van der Waals surface area contributed by atoms with Crippen LogP contribution in [0.2, 0.25) is 0 Å². The molecular formula is C55H105NO3. The van der Waals surface area contributed by atoms with E-state index in [1.807, 2.05) is 6.08 Å². The Labute approximate surface area is 370 Å². The van der Waals surface area contributed by atoms with Crippen molar-refractivity contribution < 1.29 is 15.0 Å². The lowest BCUT2D eigenvalue weighted by atomic mass is 10.0. The highest BCUT2D eigenvalue weighted by Gasteiger charge is 2.17. The van der Waals surface area contributed by atoms with Crippen LogP contribution in [0.1, 0.15) is 290 Å². The summed E-state index contributed by atoms with van der Waals surface area (Å²) in [5, 5.41) is 23.1. The monoisotopic (exact) mass is 828 g/mol. The van der Waals surface area contributed by atoms with E-state index in [2.05, 4.69) is 43.5 Å². The fourth-order valence-corrected chi connectivity index (χ4v) is 8.25. The third kappa shape index (κ3) is 47.5. The van der Waals surface area contributed by atoms with Gasteiger partial charge in [0.25, 0.3) is 0 Å². The average Bonchev–Trinajstić information content (AvgIpc) is 3.24. The van der Waals surface area contributed by atoms with Crippen LogP contribution in [0.4, 0.5) is 0 Å². The second-order valence-corrected chi connectivity index (χ2v) is 18.3. The Kier molecular flexibility index (Phi) is 49.8. The van der Waals surface area contributed by atoms with Gasteiger partial charge in [-0.25, -0.2) is 0 Å². The fourth-order valence-electron chi connectivity index (χ4n) is 8.25. The minimum Gasteiger partial charge on any atom is -0.394 e. The van der Waals surface area contributed by atoms with Crippen LogP contribution in [0.25, 0.3) is 0 Å². The summed E-state index contributed by atoms with van der Waals surface area (Å²) >= 11 is 0. The molecule has 59 heavy (non-hydrogen) atoms. The van der Waals surface area contributed by atoms with Crippen molar-refractivity contribution in [2.24, 2.45) is 0 Å². The molecule has 0 aliphatic rings. The largest absolute Gasteiger partial charge is 0.394 e. The van der Waals surface area contributed by atoms with Crippen molar-refractivity contribution in [3.05, 3.63) is 36.5 Å². The van der Waals surface area contributed by atoms with Gasteiger partial charge in [0, 0.05) is 6.42 Å². The molecule has 0 rings (SSSR count). The van der Waals surface area contributed by atoms with Crippen LogP contribution in [-0.4, -0.2) is 34.9 Å². The zero-order valence-electron chi connectivity index (χ0n) is 40.0. The Hall–Kier alpha value is -1.39. The smallest absolute Gasteiger partial charge is 0.220 e. The molecule has 2 atom stereocenters. The third-order valence-electron chi connectivity index (χ3n) is 12.3. The SMILES string of the molecule is CCCCCCCCCCCCCC/C=C\CCCCCCCCCC(=O)NC(CO)C(O)/C=C/CC/C=C/CCCCCCCCCCCCCCCCCCCC. The Morgan fingerprint density at radius 2 is 0.661 bits per heavy atom. The van der Waals surface area contributed by atoms with Gasteiger partial charge in [0.15, 0.2) is 0 Å². The number of nitrogens with one attached hydrogen (secondary N) is 1. The number of aliphatic hydroxyl groups excluding tert-OH is 2. The number of hydrogen-bond donors (Lipinski definition) is 3. The number of amides is 1. The van der Waals surface area contributed by atoms with Crippen molar-refractivity contribution in [3.63, 3.8) is 0 Å². The van der Waals surface area contributed by atoms with E-state index >= 15 is 0 Å². The molecule has 0 saturated carbocycles. The van der Waals surface area contributed by atoms with Crippen LogP contribution in [0.15, 0.2) is 36.5 Å². The van der Waals surface area contributed by atoms with Crippen molar-refractivity contribution in [2.45, 2.75) is 302 Å². The highest BCUT2D eigenvalue weighted by atomic mass is 16.3. The van der Waals surface area contributed by atoms with Crippen LogP contribution < -0.4 is 5.32 Å². The second-order valence-electron chi connectivity index (χ2n) is 18.3. The number of aliphatic hydroxyl groups is 2. The molecule has 2 unspecified atom stereocenters. The number of unbranched alkanes of at least 4 members (excludes halogenated alkanes) is 38. The van der Waals surface area contributed by atoms with Crippen molar-refractivity contribution in [3.8, 4) is 0 Å². The summed E-state index contributed by atoms with van der Waals surface area (Å²) in [4.78, 5) is 12.4. The first-order valence-electron chi connectivity index (χ1n) is 26.7. The van der Waals surface area contributed by atoms with Gasteiger partial charge in [-0.3, -0.25) is 4.79 Å². The lowest BCUT2D eigenvalue weighted by Gasteiger charge is -2.19. The molecular weight excluding hydrogens is 723 g/mol. The normalized spacial score (nSPS) is 13.1. The molecule has 0 aliphatic carbocycles. The predicted molar refractivity (Wildman–Crippen MR) is 262 cm³/mol. The van der Waals surface area contributed by atoms with Crippen molar-refractivity contribution >= 4 is 5.91 Å². The van der Waals surface area contributed by atoms with E-state index in [0.29, 0.717) is 6.42 Å². The molecule has 0 bridgehead atoms. The molecule has 0 radical (unpaired) electrons. The summed E-state index contributed by atoms with van der Waals surface area (Å²) < 4.78 is 0. The van der Waals surface area contributed by atoms with Crippen LogP contribution in [0, 0.1) is 0 Å². The molecule has 0 aromatic heterocycles. The van der Waals surface area contributed by atoms with Gasteiger partial charge in [-0.15, -0.1) is 0 Å². The van der Waals surface area contributed by atoms with Gasteiger partial charge >= 0.3 is 0 Å². The Morgan fingerprint density at radius 3 is 0.983 bits per heavy atom. The molecule has 4 heteroatoms. The molecule has 4 nitrogen and oxygen atoms in total. The third-order valence-corrected chi connectivity index (χ3v) is 12.3. The molecule has 3 N–H and O–H groups in total. The Balaban J connectivity index is 3.54. The maximum atomic E-state index is 12.4. The van der Waals surface area contributed by atoms with Gasteiger partial charge in [0.1, 0.15) is 0 Å². The number of carbonyl (C=O) groups is 1. The second kappa shape index (κ2) is 51.0. The first-order chi connectivity index (χ1) is 29.2. The van der Waals surface area contributed by atoms with Crippen LogP contribution in [-0.2, 0) is 4.79 Å². The van der Waals surface area contributed by atoms with Gasteiger partial charge in [0.05, 0.1) is 18.8 Å². The van der Waals surface area contributed by atoms with Gasteiger partial charge in [-0.1, -0.05) is 262 Å². The molecule has 0 heterocycles. The first kappa shape index (κ1) is 57.6. The molecule has 0 aromatic carbocycles. The highest BCUT2D eigenvalue weighted by Crippen LogP contribution is 2.16. The summed E-state index contributed by atoms with van der Waals surface area (Å²) in [6.45, 7) is 4.33. The zero-order valence-corrected chi connectivity index (χ0v) is 40.0. The fraction of sp³-hybridized carbons (Fsp3) is 0.873. The number of carbonyl (C=O) groups excluding carboxylic acids is 1. The first-order valence-corrected chi connectivity index (χ1v) is 26.7. The number of rotatable bonds is 49. The van der Waals surface area contributed by atoms with E-state index in [-0.39, 0.29) is 12.5 Å². The van der Waals surface area contributed by atoms with Gasteiger partial charge in [-0.2, -0.15) is 0 Å². The van der Waals surface area contributed by atoms with E-state index in [1.165, 1.54) is 238 Å². The minimum absolute atomic E-state index is 0.0747. The minimum atomic E-state index is -0.864. The number of allylic oxidation sites excluding steroid dienone is 5. The van der Waals surface area contributed by atoms with E-state index in [4.69, 9.17) is 0 Å². The van der Waals surface area contributed by atoms with Crippen molar-refractivity contribution in [1.82, 2.24) is 5.32 Å². The van der Waals surface area contributed by atoms with E-state index in [9.17, 15) is 15.0 Å². The van der Waals surface area contributed by atoms with E-state index in [1.54, 1.807) is 6.08 Å². The van der Waals surface area contributed by atoms with Crippen LogP contribution in [0.5, 0.6) is 0 Å². The summed E-state index contributed by atoms with van der Waals surface area (Å²) in [6.07, 6.45) is 68.7. The molecule has 0 aliphatic heterocycles. The van der Waals surface area contributed by atoms with Crippen molar-refractivity contribution in [1.29, 1.82) is 0 Å².